The van der Waals surface area contributed by atoms with Crippen LogP contribution in [-0.4, -0.2) is 17.4 Å². The first-order chi connectivity index (χ1) is 10.7. The van der Waals surface area contributed by atoms with Gasteiger partial charge in [0.2, 0.25) is 0 Å². The molecule has 0 aliphatic rings. The molecular formula is C18H23N3O. The van der Waals surface area contributed by atoms with Crippen LogP contribution in [0.2, 0.25) is 0 Å². The lowest BCUT2D eigenvalue weighted by Crippen LogP contribution is -2.24. The van der Waals surface area contributed by atoms with Crippen LogP contribution in [0.1, 0.15) is 41.4 Å². The molecule has 2 rings (SSSR count). The van der Waals surface area contributed by atoms with Crippen molar-refractivity contribution in [3.05, 3.63) is 59.4 Å². The Labute approximate surface area is 132 Å². The van der Waals surface area contributed by atoms with Crippen molar-refractivity contribution in [2.75, 3.05) is 11.9 Å². The number of rotatable bonds is 7. The molecule has 1 aromatic heterocycles. The van der Waals surface area contributed by atoms with Gasteiger partial charge in [0.1, 0.15) is 5.69 Å². The Hall–Kier alpha value is -2.36. The number of aromatic nitrogens is 1. The second-order valence-corrected chi connectivity index (χ2v) is 5.32. The number of carbonyl (C=O) groups excluding carboxylic acids is 1. The van der Waals surface area contributed by atoms with E-state index in [1.165, 1.54) is 5.56 Å². The number of nitrogens with one attached hydrogen (secondary N) is 2. The van der Waals surface area contributed by atoms with Gasteiger partial charge in [0.15, 0.2) is 0 Å². The van der Waals surface area contributed by atoms with Crippen molar-refractivity contribution in [1.82, 2.24) is 10.3 Å². The van der Waals surface area contributed by atoms with Gasteiger partial charge in [-0.3, -0.25) is 9.78 Å². The molecular weight excluding hydrogens is 274 g/mol. The summed E-state index contributed by atoms with van der Waals surface area (Å²) in [5, 5.41) is 6.23. The van der Waals surface area contributed by atoms with Gasteiger partial charge in [-0.15, -0.1) is 0 Å². The minimum atomic E-state index is -0.151. The maximum atomic E-state index is 12.2. The van der Waals surface area contributed by atoms with E-state index in [1.54, 1.807) is 12.3 Å². The number of amides is 1. The highest BCUT2D eigenvalue weighted by Gasteiger charge is 2.08. The number of aryl methyl sites for hydroxylation is 1. The maximum absolute atomic E-state index is 12.2. The first-order valence-corrected chi connectivity index (χ1v) is 7.73. The van der Waals surface area contributed by atoms with Crippen molar-refractivity contribution in [1.29, 1.82) is 0 Å². The SMILES string of the molecule is CCCCNc1ccnc(C(=O)NCc2ccccc2C)c1. The maximum Gasteiger partial charge on any atom is 0.270 e. The Morgan fingerprint density at radius 2 is 2.05 bits per heavy atom. The van der Waals surface area contributed by atoms with Crippen LogP contribution in [-0.2, 0) is 6.54 Å². The van der Waals surface area contributed by atoms with Gasteiger partial charge in [0.25, 0.3) is 5.91 Å². The molecule has 0 saturated heterocycles. The number of carbonyl (C=O) groups is 1. The molecule has 0 aliphatic heterocycles. The zero-order chi connectivity index (χ0) is 15.8. The lowest BCUT2D eigenvalue weighted by Gasteiger charge is -2.09. The molecule has 1 heterocycles. The van der Waals surface area contributed by atoms with Crippen molar-refractivity contribution in [2.24, 2.45) is 0 Å². The smallest absolute Gasteiger partial charge is 0.270 e. The fourth-order valence-corrected chi connectivity index (χ4v) is 2.15. The minimum absolute atomic E-state index is 0.151. The molecule has 0 aliphatic carbocycles. The van der Waals surface area contributed by atoms with E-state index >= 15 is 0 Å². The molecule has 0 fully saturated rings. The van der Waals surface area contributed by atoms with Crippen LogP contribution >= 0.6 is 0 Å². The van der Waals surface area contributed by atoms with Gasteiger partial charge < -0.3 is 10.6 Å². The van der Waals surface area contributed by atoms with Crippen LogP contribution in [0.3, 0.4) is 0 Å². The summed E-state index contributed by atoms with van der Waals surface area (Å²) in [5.74, 6) is -0.151. The van der Waals surface area contributed by atoms with E-state index in [4.69, 9.17) is 0 Å². The van der Waals surface area contributed by atoms with Gasteiger partial charge in [0.05, 0.1) is 0 Å². The lowest BCUT2D eigenvalue weighted by atomic mass is 10.1. The third kappa shape index (κ3) is 4.58. The van der Waals surface area contributed by atoms with Crippen molar-refractivity contribution >= 4 is 11.6 Å². The first kappa shape index (κ1) is 16.0. The van der Waals surface area contributed by atoms with Crippen LogP contribution in [0.4, 0.5) is 5.69 Å². The molecule has 0 atom stereocenters. The summed E-state index contributed by atoms with van der Waals surface area (Å²) in [6.45, 7) is 5.61. The predicted octanol–water partition coefficient (Wildman–Crippen LogP) is 3.53. The van der Waals surface area contributed by atoms with E-state index in [1.807, 2.05) is 37.3 Å². The highest BCUT2D eigenvalue weighted by molar-refractivity contribution is 5.93. The Morgan fingerprint density at radius 1 is 1.23 bits per heavy atom. The average Bonchev–Trinajstić information content (AvgIpc) is 2.54. The Bertz CT molecular complexity index is 625. The van der Waals surface area contributed by atoms with Crippen LogP contribution in [0.5, 0.6) is 0 Å². The number of hydrogen-bond donors (Lipinski definition) is 2. The molecule has 116 valence electrons. The number of pyridine rings is 1. The van der Waals surface area contributed by atoms with E-state index in [0.717, 1.165) is 30.6 Å². The molecule has 2 aromatic rings. The molecule has 0 radical (unpaired) electrons. The van der Waals surface area contributed by atoms with Crippen molar-refractivity contribution in [2.45, 2.75) is 33.2 Å². The molecule has 0 unspecified atom stereocenters. The van der Waals surface area contributed by atoms with E-state index in [2.05, 4.69) is 22.5 Å². The topological polar surface area (TPSA) is 54.0 Å². The summed E-state index contributed by atoms with van der Waals surface area (Å²) in [5.41, 5.74) is 3.67. The summed E-state index contributed by atoms with van der Waals surface area (Å²) >= 11 is 0. The van der Waals surface area contributed by atoms with E-state index in [0.29, 0.717) is 12.2 Å². The first-order valence-electron chi connectivity index (χ1n) is 7.73. The van der Waals surface area contributed by atoms with E-state index in [9.17, 15) is 4.79 Å². The Kier molecular flexibility index (Phi) is 5.95. The van der Waals surface area contributed by atoms with Crippen LogP contribution in [0.15, 0.2) is 42.6 Å². The summed E-state index contributed by atoms with van der Waals surface area (Å²) < 4.78 is 0. The normalized spacial score (nSPS) is 10.3. The lowest BCUT2D eigenvalue weighted by molar-refractivity contribution is 0.0946. The Morgan fingerprint density at radius 3 is 2.82 bits per heavy atom. The molecule has 2 N–H and O–H groups in total. The summed E-state index contributed by atoms with van der Waals surface area (Å²) in [4.78, 5) is 16.4. The molecule has 1 aromatic carbocycles. The van der Waals surface area contributed by atoms with Crippen LogP contribution in [0, 0.1) is 6.92 Å². The molecule has 0 bridgehead atoms. The third-order valence-corrected chi connectivity index (χ3v) is 3.55. The van der Waals surface area contributed by atoms with E-state index in [-0.39, 0.29) is 5.91 Å². The standard InChI is InChI=1S/C18H23N3O/c1-3-4-10-19-16-9-11-20-17(12-16)18(22)21-13-15-8-6-5-7-14(15)2/h5-9,11-12H,3-4,10,13H2,1-2H3,(H,19,20)(H,21,22). The van der Waals surface area contributed by atoms with Crippen LogP contribution in [0.25, 0.3) is 0 Å². The number of nitrogens with zero attached hydrogens (tertiary/aromatic N) is 1. The molecule has 0 spiro atoms. The molecule has 4 nitrogen and oxygen atoms in total. The number of unbranched alkanes of at least 4 members (excludes halogenated alkanes) is 1. The van der Waals surface area contributed by atoms with E-state index < -0.39 is 0 Å². The van der Waals surface area contributed by atoms with Gasteiger partial charge >= 0.3 is 0 Å². The zero-order valence-electron chi connectivity index (χ0n) is 13.2. The van der Waals surface area contributed by atoms with Gasteiger partial charge in [-0.1, -0.05) is 37.6 Å². The second kappa shape index (κ2) is 8.17. The van der Waals surface area contributed by atoms with Gasteiger partial charge in [-0.05, 0) is 36.6 Å². The number of benzene rings is 1. The van der Waals surface area contributed by atoms with Gasteiger partial charge in [-0.2, -0.15) is 0 Å². The largest absolute Gasteiger partial charge is 0.385 e. The summed E-state index contributed by atoms with van der Waals surface area (Å²) in [7, 11) is 0. The molecule has 0 saturated carbocycles. The van der Waals surface area contributed by atoms with Crippen molar-refractivity contribution in [3.63, 3.8) is 0 Å². The summed E-state index contributed by atoms with van der Waals surface area (Å²) in [6, 6.07) is 11.7. The summed E-state index contributed by atoms with van der Waals surface area (Å²) in [6.07, 6.45) is 3.91. The highest BCUT2D eigenvalue weighted by atomic mass is 16.1. The highest BCUT2D eigenvalue weighted by Crippen LogP contribution is 2.10. The van der Waals surface area contributed by atoms with Crippen molar-refractivity contribution < 1.29 is 4.79 Å². The quantitative estimate of drug-likeness (QED) is 0.769. The third-order valence-electron chi connectivity index (χ3n) is 3.55. The fourth-order valence-electron chi connectivity index (χ4n) is 2.15. The molecule has 1 amide bonds. The predicted molar refractivity (Wildman–Crippen MR) is 90.0 cm³/mol. The van der Waals surface area contributed by atoms with Crippen LogP contribution < -0.4 is 10.6 Å². The molecule has 22 heavy (non-hydrogen) atoms. The fraction of sp³-hybridized carbons (Fsp3) is 0.333. The number of hydrogen-bond acceptors (Lipinski definition) is 3. The average molecular weight is 297 g/mol. The Balaban J connectivity index is 1.95. The van der Waals surface area contributed by atoms with Crippen molar-refractivity contribution in [3.8, 4) is 0 Å². The molecule has 4 heteroatoms. The monoisotopic (exact) mass is 297 g/mol. The minimum Gasteiger partial charge on any atom is -0.385 e. The second-order valence-electron chi connectivity index (χ2n) is 5.32. The van der Waals surface area contributed by atoms with Gasteiger partial charge in [0, 0.05) is 25.0 Å². The zero-order valence-corrected chi connectivity index (χ0v) is 13.2. The number of anilines is 1. The van der Waals surface area contributed by atoms with Gasteiger partial charge in [-0.25, -0.2) is 0 Å².